The number of nitrogens with one attached hydrogen (secondary N) is 1. The molecule has 0 aliphatic carbocycles. The lowest BCUT2D eigenvalue weighted by atomic mass is 10.3. The van der Waals surface area contributed by atoms with Crippen LogP contribution in [0.15, 0.2) is 42.5 Å². The molecular formula is C16H21N5O2S. The Morgan fingerprint density at radius 3 is 2.29 bits per heavy atom. The van der Waals surface area contributed by atoms with Crippen molar-refractivity contribution in [2.75, 3.05) is 42.1 Å². The molecule has 1 aliphatic rings. The van der Waals surface area contributed by atoms with E-state index in [4.69, 9.17) is 0 Å². The molecule has 1 saturated heterocycles. The summed E-state index contributed by atoms with van der Waals surface area (Å²) in [6.07, 6.45) is 0. The second kappa shape index (κ2) is 7.14. The Kier molecular flexibility index (Phi) is 4.96. The standard InChI is InChI=1S/C16H21N5O2S/c1-2-24(22,23)21-12-10-20(11-13-21)16-9-8-15(18-19-16)17-14-6-4-3-5-7-14/h3-9H,2,10-13H2,1H3,(H,17,18). The van der Waals surface area contributed by atoms with Gasteiger partial charge in [0.25, 0.3) is 0 Å². The van der Waals surface area contributed by atoms with Crippen LogP contribution >= 0.6 is 0 Å². The largest absolute Gasteiger partial charge is 0.352 e. The van der Waals surface area contributed by atoms with Crippen LogP contribution in [0.4, 0.5) is 17.3 Å². The van der Waals surface area contributed by atoms with Crippen LogP contribution in [0.5, 0.6) is 0 Å². The summed E-state index contributed by atoms with van der Waals surface area (Å²) in [6.45, 7) is 3.90. The van der Waals surface area contributed by atoms with Crippen LogP contribution in [0.25, 0.3) is 0 Å². The third-order valence-corrected chi connectivity index (χ3v) is 5.90. The van der Waals surface area contributed by atoms with Crippen molar-refractivity contribution in [1.82, 2.24) is 14.5 Å². The molecule has 0 unspecified atom stereocenters. The highest BCUT2D eigenvalue weighted by atomic mass is 32.2. The van der Waals surface area contributed by atoms with Crippen LogP contribution in [0.2, 0.25) is 0 Å². The summed E-state index contributed by atoms with van der Waals surface area (Å²) in [7, 11) is -3.11. The van der Waals surface area contributed by atoms with Crippen molar-refractivity contribution >= 4 is 27.3 Å². The SMILES string of the molecule is CCS(=O)(=O)N1CCN(c2ccc(Nc3ccccc3)nn2)CC1. The number of sulfonamides is 1. The number of aromatic nitrogens is 2. The molecule has 2 heterocycles. The predicted octanol–water partition coefficient (Wildman–Crippen LogP) is 1.69. The van der Waals surface area contributed by atoms with E-state index < -0.39 is 10.0 Å². The van der Waals surface area contributed by atoms with Gasteiger partial charge in [-0.15, -0.1) is 10.2 Å². The first-order valence-electron chi connectivity index (χ1n) is 7.97. The Labute approximate surface area is 142 Å². The van der Waals surface area contributed by atoms with Gasteiger partial charge in [0.15, 0.2) is 11.6 Å². The Morgan fingerprint density at radius 1 is 1.00 bits per heavy atom. The Balaban J connectivity index is 1.61. The number of piperazine rings is 1. The Hall–Kier alpha value is -2.19. The number of nitrogens with zero attached hydrogens (tertiary/aromatic N) is 4. The van der Waals surface area contributed by atoms with Gasteiger partial charge in [0.1, 0.15) is 0 Å². The smallest absolute Gasteiger partial charge is 0.213 e. The molecule has 0 bridgehead atoms. The molecule has 2 aromatic rings. The van der Waals surface area contributed by atoms with Crippen LogP contribution in [-0.2, 0) is 10.0 Å². The van der Waals surface area contributed by atoms with Gasteiger partial charge in [-0.2, -0.15) is 4.31 Å². The van der Waals surface area contributed by atoms with Crippen LogP contribution in [0.3, 0.4) is 0 Å². The van der Waals surface area contributed by atoms with Crippen LogP contribution in [-0.4, -0.2) is 54.9 Å². The first-order chi connectivity index (χ1) is 11.6. The van der Waals surface area contributed by atoms with Crippen LogP contribution < -0.4 is 10.2 Å². The van der Waals surface area contributed by atoms with E-state index in [2.05, 4.69) is 20.4 Å². The summed E-state index contributed by atoms with van der Waals surface area (Å²) >= 11 is 0. The van der Waals surface area contributed by atoms with Crippen molar-refractivity contribution in [3.8, 4) is 0 Å². The summed E-state index contributed by atoms with van der Waals surface area (Å²) < 4.78 is 25.3. The van der Waals surface area contributed by atoms with E-state index in [1.165, 1.54) is 0 Å². The lowest BCUT2D eigenvalue weighted by molar-refractivity contribution is 0.384. The fraction of sp³-hybridized carbons (Fsp3) is 0.375. The Morgan fingerprint density at radius 2 is 1.71 bits per heavy atom. The molecule has 0 saturated carbocycles. The lowest BCUT2D eigenvalue weighted by Gasteiger charge is -2.34. The van der Waals surface area contributed by atoms with E-state index in [9.17, 15) is 8.42 Å². The van der Waals surface area contributed by atoms with E-state index >= 15 is 0 Å². The number of hydrogen-bond donors (Lipinski definition) is 1. The van der Waals surface area contributed by atoms with Gasteiger partial charge in [-0.3, -0.25) is 0 Å². The molecule has 1 aromatic heterocycles. The minimum Gasteiger partial charge on any atom is -0.352 e. The molecule has 1 fully saturated rings. The monoisotopic (exact) mass is 347 g/mol. The molecule has 0 amide bonds. The molecular weight excluding hydrogens is 326 g/mol. The zero-order valence-corrected chi connectivity index (χ0v) is 14.4. The van der Waals surface area contributed by atoms with Crippen molar-refractivity contribution in [1.29, 1.82) is 0 Å². The van der Waals surface area contributed by atoms with E-state index in [1.807, 2.05) is 42.5 Å². The summed E-state index contributed by atoms with van der Waals surface area (Å²) in [5.41, 5.74) is 0.956. The van der Waals surface area contributed by atoms with E-state index in [0.717, 1.165) is 11.5 Å². The average Bonchev–Trinajstić information content (AvgIpc) is 2.63. The molecule has 0 spiro atoms. The number of rotatable bonds is 5. The summed E-state index contributed by atoms with van der Waals surface area (Å²) in [5.74, 6) is 1.59. The lowest BCUT2D eigenvalue weighted by Crippen LogP contribution is -2.49. The number of hydrogen-bond acceptors (Lipinski definition) is 6. The maximum absolute atomic E-state index is 11.9. The van der Waals surface area contributed by atoms with Crippen molar-refractivity contribution in [3.63, 3.8) is 0 Å². The number of para-hydroxylation sites is 1. The van der Waals surface area contributed by atoms with Crippen molar-refractivity contribution in [3.05, 3.63) is 42.5 Å². The molecule has 7 nitrogen and oxygen atoms in total. The van der Waals surface area contributed by atoms with Crippen molar-refractivity contribution < 1.29 is 8.42 Å². The van der Waals surface area contributed by atoms with Gasteiger partial charge in [0.2, 0.25) is 10.0 Å². The molecule has 0 radical (unpaired) electrons. The highest BCUT2D eigenvalue weighted by Gasteiger charge is 2.26. The third-order valence-electron chi connectivity index (χ3n) is 4.02. The molecule has 1 aliphatic heterocycles. The van der Waals surface area contributed by atoms with Crippen LogP contribution in [0.1, 0.15) is 6.92 Å². The van der Waals surface area contributed by atoms with Crippen molar-refractivity contribution in [2.45, 2.75) is 6.92 Å². The number of benzene rings is 1. The normalized spacial score (nSPS) is 16.1. The minimum atomic E-state index is -3.11. The fourth-order valence-electron chi connectivity index (χ4n) is 2.61. The quantitative estimate of drug-likeness (QED) is 0.887. The van der Waals surface area contributed by atoms with Gasteiger partial charge < -0.3 is 10.2 Å². The zero-order chi connectivity index (χ0) is 17.0. The fourth-order valence-corrected chi connectivity index (χ4v) is 3.69. The summed E-state index contributed by atoms with van der Waals surface area (Å²) in [6, 6.07) is 13.6. The summed E-state index contributed by atoms with van der Waals surface area (Å²) in [5, 5.41) is 11.6. The molecule has 3 rings (SSSR count). The molecule has 24 heavy (non-hydrogen) atoms. The molecule has 1 aromatic carbocycles. The number of anilines is 3. The van der Waals surface area contributed by atoms with E-state index in [-0.39, 0.29) is 5.75 Å². The van der Waals surface area contributed by atoms with E-state index in [0.29, 0.717) is 32.0 Å². The first kappa shape index (κ1) is 16.7. The maximum Gasteiger partial charge on any atom is 0.213 e. The minimum absolute atomic E-state index is 0.145. The summed E-state index contributed by atoms with van der Waals surface area (Å²) in [4.78, 5) is 2.06. The maximum atomic E-state index is 11.9. The molecule has 8 heteroatoms. The van der Waals surface area contributed by atoms with Gasteiger partial charge in [0, 0.05) is 31.9 Å². The van der Waals surface area contributed by atoms with Crippen LogP contribution in [0, 0.1) is 0 Å². The van der Waals surface area contributed by atoms with Gasteiger partial charge in [-0.1, -0.05) is 18.2 Å². The third kappa shape index (κ3) is 3.82. The molecule has 0 atom stereocenters. The predicted molar refractivity (Wildman–Crippen MR) is 95.0 cm³/mol. The van der Waals surface area contributed by atoms with Gasteiger partial charge >= 0.3 is 0 Å². The zero-order valence-electron chi connectivity index (χ0n) is 13.6. The molecule has 1 N–H and O–H groups in total. The highest BCUT2D eigenvalue weighted by molar-refractivity contribution is 7.89. The van der Waals surface area contributed by atoms with Gasteiger partial charge in [0.05, 0.1) is 5.75 Å². The average molecular weight is 347 g/mol. The van der Waals surface area contributed by atoms with Crippen molar-refractivity contribution in [2.24, 2.45) is 0 Å². The first-order valence-corrected chi connectivity index (χ1v) is 9.58. The molecule has 128 valence electrons. The highest BCUT2D eigenvalue weighted by Crippen LogP contribution is 2.18. The van der Waals surface area contributed by atoms with E-state index in [1.54, 1.807) is 11.2 Å². The van der Waals surface area contributed by atoms with Gasteiger partial charge in [-0.25, -0.2) is 8.42 Å². The second-order valence-electron chi connectivity index (χ2n) is 5.55. The topological polar surface area (TPSA) is 78.4 Å². The second-order valence-corrected chi connectivity index (χ2v) is 7.81. The Bertz CT molecular complexity index is 757. The van der Waals surface area contributed by atoms with Gasteiger partial charge in [-0.05, 0) is 31.2 Å².